The van der Waals surface area contributed by atoms with Crippen LogP contribution in [0.5, 0.6) is 0 Å². The standard InChI is InChI=1S/C22H29N3/c1-15-8-10-18(11-9-15)21-19-6-4-5-7-20(19)23-22(24-21)25-13-16(2)12-17(3)14-25/h8-11,16-17H,4-7,12-14H2,1-3H3/t16-,17+. The van der Waals surface area contributed by atoms with Crippen molar-refractivity contribution < 1.29 is 0 Å². The highest BCUT2D eigenvalue weighted by atomic mass is 15.3. The normalized spacial score (nSPS) is 23.4. The summed E-state index contributed by atoms with van der Waals surface area (Å²) in [4.78, 5) is 12.5. The van der Waals surface area contributed by atoms with Crippen LogP contribution in [-0.4, -0.2) is 23.1 Å². The maximum Gasteiger partial charge on any atom is 0.226 e. The molecule has 1 saturated heterocycles. The molecule has 1 aromatic heterocycles. The monoisotopic (exact) mass is 335 g/mol. The number of piperidine rings is 1. The van der Waals surface area contributed by atoms with Gasteiger partial charge in [0.1, 0.15) is 0 Å². The van der Waals surface area contributed by atoms with Gasteiger partial charge < -0.3 is 4.90 Å². The highest BCUT2D eigenvalue weighted by Crippen LogP contribution is 2.33. The van der Waals surface area contributed by atoms with E-state index in [2.05, 4.69) is 49.9 Å². The molecule has 0 N–H and O–H groups in total. The van der Waals surface area contributed by atoms with Crippen LogP contribution in [0, 0.1) is 18.8 Å². The van der Waals surface area contributed by atoms with E-state index in [9.17, 15) is 0 Å². The first-order chi connectivity index (χ1) is 12.1. The van der Waals surface area contributed by atoms with E-state index in [0.717, 1.165) is 31.9 Å². The summed E-state index contributed by atoms with van der Waals surface area (Å²) in [5, 5.41) is 0. The van der Waals surface area contributed by atoms with Gasteiger partial charge in [-0.1, -0.05) is 43.7 Å². The van der Waals surface area contributed by atoms with Gasteiger partial charge in [0.2, 0.25) is 5.95 Å². The van der Waals surface area contributed by atoms with Crippen molar-refractivity contribution in [2.45, 2.75) is 52.9 Å². The number of benzene rings is 1. The van der Waals surface area contributed by atoms with Crippen LogP contribution >= 0.6 is 0 Å². The minimum atomic E-state index is 0.714. The first-order valence-corrected chi connectivity index (χ1v) is 9.82. The van der Waals surface area contributed by atoms with Gasteiger partial charge in [0.25, 0.3) is 0 Å². The quantitative estimate of drug-likeness (QED) is 0.788. The number of aryl methyl sites for hydroxylation is 2. The summed E-state index contributed by atoms with van der Waals surface area (Å²) in [7, 11) is 0. The van der Waals surface area contributed by atoms with Gasteiger partial charge in [0, 0.05) is 29.9 Å². The fourth-order valence-corrected chi connectivity index (χ4v) is 4.50. The average Bonchev–Trinajstić information content (AvgIpc) is 2.61. The van der Waals surface area contributed by atoms with Crippen molar-refractivity contribution in [2.24, 2.45) is 11.8 Å². The first kappa shape index (κ1) is 16.6. The minimum Gasteiger partial charge on any atom is -0.340 e. The summed E-state index contributed by atoms with van der Waals surface area (Å²) in [5.41, 5.74) is 6.39. The molecule has 2 aromatic rings. The van der Waals surface area contributed by atoms with E-state index in [1.165, 1.54) is 47.3 Å². The van der Waals surface area contributed by atoms with Gasteiger partial charge in [-0.15, -0.1) is 0 Å². The number of anilines is 1. The molecule has 1 aliphatic carbocycles. The van der Waals surface area contributed by atoms with Crippen LogP contribution in [0.25, 0.3) is 11.3 Å². The topological polar surface area (TPSA) is 29.0 Å². The Morgan fingerprint density at radius 3 is 2.32 bits per heavy atom. The molecule has 3 nitrogen and oxygen atoms in total. The largest absolute Gasteiger partial charge is 0.340 e. The van der Waals surface area contributed by atoms with Crippen molar-refractivity contribution in [3.63, 3.8) is 0 Å². The third-order valence-corrected chi connectivity index (χ3v) is 5.65. The van der Waals surface area contributed by atoms with E-state index in [1.54, 1.807) is 0 Å². The maximum absolute atomic E-state index is 5.09. The molecule has 0 bridgehead atoms. The highest BCUT2D eigenvalue weighted by molar-refractivity contribution is 5.66. The number of hydrogen-bond acceptors (Lipinski definition) is 3. The number of fused-ring (bicyclic) bond motifs is 1. The molecule has 2 aliphatic rings. The zero-order valence-electron chi connectivity index (χ0n) is 15.8. The van der Waals surface area contributed by atoms with Crippen molar-refractivity contribution in [3.05, 3.63) is 41.1 Å². The third-order valence-electron chi connectivity index (χ3n) is 5.65. The number of nitrogens with zero attached hydrogens (tertiary/aromatic N) is 3. The molecule has 0 spiro atoms. The van der Waals surface area contributed by atoms with Gasteiger partial charge in [-0.2, -0.15) is 0 Å². The molecule has 0 saturated carbocycles. The highest BCUT2D eigenvalue weighted by Gasteiger charge is 2.26. The summed E-state index contributed by atoms with van der Waals surface area (Å²) < 4.78 is 0. The molecule has 0 unspecified atom stereocenters. The Kier molecular flexibility index (Phi) is 4.49. The van der Waals surface area contributed by atoms with Crippen molar-refractivity contribution in [2.75, 3.05) is 18.0 Å². The van der Waals surface area contributed by atoms with Crippen molar-refractivity contribution in [3.8, 4) is 11.3 Å². The molecular weight excluding hydrogens is 306 g/mol. The lowest BCUT2D eigenvalue weighted by molar-refractivity contribution is 0.353. The molecule has 1 fully saturated rings. The molecule has 1 aliphatic heterocycles. The molecule has 2 heterocycles. The van der Waals surface area contributed by atoms with Crippen LogP contribution in [0.4, 0.5) is 5.95 Å². The summed E-state index contributed by atoms with van der Waals surface area (Å²) >= 11 is 0. The SMILES string of the molecule is Cc1ccc(-c2nc(N3C[C@H](C)C[C@H](C)C3)nc3c2CCCC3)cc1. The van der Waals surface area contributed by atoms with E-state index < -0.39 is 0 Å². The Balaban J connectivity index is 1.78. The summed E-state index contributed by atoms with van der Waals surface area (Å²) in [6.45, 7) is 9.00. The molecule has 1 aromatic carbocycles. The minimum absolute atomic E-state index is 0.714. The third kappa shape index (κ3) is 3.42. The molecule has 4 rings (SSSR count). The summed E-state index contributed by atoms with van der Waals surface area (Å²) in [6, 6.07) is 8.82. The van der Waals surface area contributed by atoms with Crippen LogP contribution in [0.1, 0.15) is 49.9 Å². The predicted octanol–water partition coefficient (Wildman–Crippen LogP) is 4.81. The van der Waals surface area contributed by atoms with E-state index >= 15 is 0 Å². The van der Waals surface area contributed by atoms with Crippen molar-refractivity contribution >= 4 is 5.95 Å². The average molecular weight is 335 g/mol. The maximum atomic E-state index is 5.09. The summed E-state index contributed by atoms with van der Waals surface area (Å²) in [5.74, 6) is 2.38. The lowest BCUT2D eigenvalue weighted by Gasteiger charge is -2.35. The van der Waals surface area contributed by atoms with Gasteiger partial charge in [-0.3, -0.25) is 0 Å². The van der Waals surface area contributed by atoms with Gasteiger partial charge in [0.05, 0.1) is 5.69 Å². The van der Waals surface area contributed by atoms with Crippen molar-refractivity contribution in [1.82, 2.24) is 9.97 Å². The fraction of sp³-hybridized carbons (Fsp3) is 0.545. The van der Waals surface area contributed by atoms with E-state index in [1.807, 2.05) is 0 Å². The Labute approximate surface area is 151 Å². The molecular formula is C22H29N3. The van der Waals surface area contributed by atoms with Crippen LogP contribution in [0.3, 0.4) is 0 Å². The molecule has 0 amide bonds. The number of hydrogen-bond donors (Lipinski definition) is 0. The lowest BCUT2D eigenvalue weighted by atomic mass is 9.91. The van der Waals surface area contributed by atoms with Gasteiger partial charge in [-0.05, 0) is 50.9 Å². The fourth-order valence-electron chi connectivity index (χ4n) is 4.50. The van der Waals surface area contributed by atoms with Crippen LogP contribution in [-0.2, 0) is 12.8 Å². The Morgan fingerprint density at radius 1 is 0.920 bits per heavy atom. The lowest BCUT2D eigenvalue weighted by Crippen LogP contribution is -2.40. The van der Waals surface area contributed by atoms with E-state index in [0.29, 0.717) is 11.8 Å². The van der Waals surface area contributed by atoms with E-state index in [4.69, 9.17) is 9.97 Å². The van der Waals surface area contributed by atoms with Gasteiger partial charge in [-0.25, -0.2) is 9.97 Å². The predicted molar refractivity (Wildman–Crippen MR) is 104 cm³/mol. The first-order valence-electron chi connectivity index (χ1n) is 9.82. The van der Waals surface area contributed by atoms with Crippen LogP contribution in [0.2, 0.25) is 0 Å². The molecule has 2 atom stereocenters. The Bertz CT molecular complexity index is 741. The number of rotatable bonds is 2. The zero-order chi connectivity index (χ0) is 17.4. The van der Waals surface area contributed by atoms with Gasteiger partial charge >= 0.3 is 0 Å². The second kappa shape index (κ2) is 6.78. The molecule has 132 valence electrons. The second-order valence-electron chi connectivity index (χ2n) is 8.22. The van der Waals surface area contributed by atoms with Crippen LogP contribution in [0.15, 0.2) is 24.3 Å². The van der Waals surface area contributed by atoms with Crippen molar-refractivity contribution in [1.29, 1.82) is 0 Å². The molecule has 3 heteroatoms. The van der Waals surface area contributed by atoms with Crippen LogP contribution < -0.4 is 4.90 Å². The second-order valence-corrected chi connectivity index (χ2v) is 8.22. The molecule has 0 radical (unpaired) electrons. The zero-order valence-corrected chi connectivity index (χ0v) is 15.8. The summed E-state index contributed by atoms with van der Waals surface area (Å²) in [6.07, 6.45) is 6.04. The molecule has 25 heavy (non-hydrogen) atoms. The van der Waals surface area contributed by atoms with E-state index in [-0.39, 0.29) is 0 Å². The number of aromatic nitrogens is 2. The Morgan fingerprint density at radius 2 is 1.60 bits per heavy atom. The van der Waals surface area contributed by atoms with Gasteiger partial charge in [0.15, 0.2) is 0 Å². The smallest absolute Gasteiger partial charge is 0.226 e. The Hall–Kier alpha value is -1.90.